The van der Waals surface area contributed by atoms with Gasteiger partial charge in [-0.1, -0.05) is 64.8 Å². The first-order valence-electron chi connectivity index (χ1n) is 22.7. The minimum atomic E-state index is -1.20. The molecule has 0 spiro atoms. The van der Waals surface area contributed by atoms with E-state index in [-0.39, 0.29) is 49.7 Å². The lowest BCUT2D eigenvalue weighted by molar-refractivity contribution is -0.144. The summed E-state index contributed by atoms with van der Waals surface area (Å²) >= 11 is 0. The van der Waals surface area contributed by atoms with E-state index in [4.69, 9.17) is 11.5 Å². The third-order valence-electron chi connectivity index (χ3n) is 12.4. The Bertz CT molecular complexity index is 1930. The predicted octanol–water partition coefficient (Wildman–Crippen LogP) is 1.11. The predicted molar refractivity (Wildman–Crippen MR) is 238 cm³/mol. The lowest BCUT2D eigenvalue weighted by atomic mass is 9.86. The molecular formula is C45H68N10O9. The van der Waals surface area contributed by atoms with Gasteiger partial charge in [-0.05, 0) is 76.3 Å². The van der Waals surface area contributed by atoms with E-state index in [0.717, 1.165) is 0 Å². The standard InChI is InChI=1S/C45H68N10O9/c1-5-26(3)37(43(61)52-33(45(63)64)17-9-11-19-46)53-42(60)35-18-13-21-55(35)44(62)38(27(4)6-2)54-41(59)32(51-40(58)31(47)22-28-24-48-25-50-28)16-10-12-20-49-34-23-36(56)29-14-7-8-15-30(29)39(34)57/h7-8,14-15,24-27,31-35,37-38,49H,5-6,9-13,16-23,46-47H2,1-4H3,(H,48,50)(H,51,58)(H,52,61)(H,53,60)(H,54,59)(H,63,64)/t26-,27-,31-,32-,33-,34?,35-,37-,38-/m0/s1. The molecule has 1 aliphatic heterocycles. The number of H-pyrrole nitrogens is 1. The second-order valence-electron chi connectivity index (χ2n) is 17.1. The van der Waals surface area contributed by atoms with Gasteiger partial charge in [0.1, 0.15) is 30.2 Å². The van der Waals surface area contributed by atoms with Gasteiger partial charge in [-0.15, -0.1) is 0 Å². The zero-order valence-electron chi connectivity index (χ0n) is 37.5. The fraction of sp³-hybridized carbons (Fsp3) is 0.622. The fourth-order valence-electron chi connectivity index (χ4n) is 8.09. The number of fused-ring (bicyclic) bond motifs is 1. The fourth-order valence-corrected chi connectivity index (χ4v) is 8.09. The van der Waals surface area contributed by atoms with Crippen molar-refractivity contribution in [3.05, 3.63) is 53.6 Å². The van der Waals surface area contributed by atoms with Crippen LogP contribution in [0.4, 0.5) is 0 Å². The normalized spacial score (nSPS) is 19.3. The lowest BCUT2D eigenvalue weighted by Crippen LogP contribution is -2.60. The molecule has 11 N–H and O–H groups in total. The number of aromatic amines is 1. The van der Waals surface area contributed by atoms with Gasteiger partial charge in [0, 0.05) is 42.4 Å². The Balaban J connectivity index is 1.45. The molecule has 19 heteroatoms. The van der Waals surface area contributed by atoms with Crippen LogP contribution in [-0.2, 0) is 35.2 Å². The molecule has 0 saturated carbocycles. The molecule has 352 valence electrons. The smallest absolute Gasteiger partial charge is 0.326 e. The number of amides is 5. The van der Waals surface area contributed by atoms with Crippen molar-refractivity contribution in [3.8, 4) is 0 Å². The Morgan fingerprint density at radius 3 is 2.17 bits per heavy atom. The number of aliphatic carboxylic acids is 1. The Hall–Kier alpha value is -5.53. The number of imidazole rings is 1. The van der Waals surface area contributed by atoms with Gasteiger partial charge in [-0.2, -0.15) is 0 Å². The average Bonchev–Trinajstić information content (AvgIpc) is 4.00. The lowest BCUT2D eigenvalue weighted by Gasteiger charge is -2.33. The minimum absolute atomic E-state index is 0.0344. The Labute approximate surface area is 374 Å². The third-order valence-corrected chi connectivity index (χ3v) is 12.4. The SMILES string of the molecule is CC[C@H](C)[C@H](NC(=O)[C@@H]1CCCN1C(=O)[C@@H](NC(=O)[C@H](CCCCNC1CC(=O)c2ccccc2C1=O)NC(=O)[C@@H](N)Cc1cnc[nH]1)[C@@H](C)CC)C(=O)N[C@@H](CCCCN)C(=O)O. The van der Waals surface area contributed by atoms with Crippen LogP contribution in [0.2, 0.25) is 0 Å². The van der Waals surface area contributed by atoms with Gasteiger partial charge in [0.25, 0.3) is 0 Å². The first-order valence-corrected chi connectivity index (χ1v) is 22.7. The maximum absolute atomic E-state index is 14.5. The van der Waals surface area contributed by atoms with Crippen molar-refractivity contribution < 1.29 is 43.5 Å². The average molecular weight is 893 g/mol. The number of carboxylic acid groups (broad SMARTS) is 1. The number of aromatic nitrogens is 2. The Kier molecular flexibility index (Phi) is 20.0. The highest BCUT2D eigenvalue weighted by Crippen LogP contribution is 2.24. The van der Waals surface area contributed by atoms with Crippen LogP contribution in [0.15, 0.2) is 36.8 Å². The van der Waals surface area contributed by atoms with Crippen LogP contribution in [0.5, 0.6) is 0 Å². The molecule has 2 aromatic rings. The molecule has 64 heavy (non-hydrogen) atoms. The molecule has 1 unspecified atom stereocenters. The van der Waals surface area contributed by atoms with E-state index >= 15 is 0 Å². The second kappa shape index (κ2) is 25.1. The molecule has 1 aromatic carbocycles. The van der Waals surface area contributed by atoms with Gasteiger partial charge in [-0.3, -0.25) is 33.6 Å². The molecule has 0 radical (unpaired) electrons. The van der Waals surface area contributed by atoms with Crippen LogP contribution in [0.25, 0.3) is 0 Å². The third kappa shape index (κ3) is 14.0. The molecule has 5 amide bonds. The molecule has 1 saturated heterocycles. The molecule has 1 aromatic heterocycles. The zero-order chi connectivity index (χ0) is 46.9. The van der Waals surface area contributed by atoms with Gasteiger partial charge in [0.15, 0.2) is 11.6 Å². The summed E-state index contributed by atoms with van der Waals surface area (Å²) in [6.07, 6.45) is 7.25. The van der Waals surface area contributed by atoms with Gasteiger partial charge in [-0.25, -0.2) is 9.78 Å². The van der Waals surface area contributed by atoms with Gasteiger partial charge in [0.05, 0.1) is 18.4 Å². The van der Waals surface area contributed by atoms with E-state index < -0.39 is 83.7 Å². The van der Waals surface area contributed by atoms with Crippen LogP contribution in [0.3, 0.4) is 0 Å². The van der Waals surface area contributed by atoms with Crippen molar-refractivity contribution in [3.63, 3.8) is 0 Å². The molecule has 9 atom stereocenters. The summed E-state index contributed by atoms with van der Waals surface area (Å²) < 4.78 is 0. The summed E-state index contributed by atoms with van der Waals surface area (Å²) in [6, 6.07) is -0.376. The largest absolute Gasteiger partial charge is 0.480 e. The van der Waals surface area contributed by atoms with E-state index in [1.54, 1.807) is 44.3 Å². The summed E-state index contributed by atoms with van der Waals surface area (Å²) in [5.74, 6) is -5.15. The summed E-state index contributed by atoms with van der Waals surface area (Å²) in [4.78, 5) is 116. The van der Waals surface area contributed by atoms with Crippen molar-refractivity contribution in [2.45, 2.75) is 147 Å². The van der Waals surface area contributed by atoms with E-state index in [0.29, 0.717) is 81.3 Å². The number of likely N-dealkylation sites (tertiary alicyclic amines) is 1. The molecule has 19 nitrogen and oxygen atoms in total. The maximum atomic E-state index is 14.5. The topological polar surface area (TPSA) is 301 Å². The highest BCUT2D eigenvalue weighted by atomic mass is 16.4. The number of unbranched alkanes of at least 4 members (excludes halogenated alkanes) is 2. The zero-order valence-corrected chi connectivity index (χ0v) is 37.5. The van der Waals surface area contributed by atoms with Gasteiger partial charge in [0.2, 0.25) is 29.5 Å². The van der Waals surface area contributed by atoms with E-state index in [1.807, 2.05) is 13.8 Å². The summed E-state index contributed by atoms with van der Waals surface area (Å²) in [6.45, 7) is 8.25. The number of carboxylic acids is 1. The van der Waals surface area contributed by atoms with Crippen molar-refractivity contribution in [1.82, 2.24) is 41.5 Å². The van der Waals surface area contributed by atoms with Gasteiger partial charge >= 0.3 is 5.97 Å². The van der Waals surface area contributed by atoms with Crippen LogP contribution < -0.4 is 38.1 Å². The number of carbonyl (C=O) groups is 8. The van der Waals surface area contributed by atoms with E-state index in [1.165, 1.54) is 11.2 Å². The summed E-state index contributed by atoms with van der Waals surface area (Å²) in [7, 11) is 0. The number of ketones is 2. The Morgan fingerprint density at radius 2 is 1.52 bits per heavy atom. The molecule has 1 aliphatic carbocycles. The number of nitrogens with one attached hydrogen (secondary N) is 6. The number of Topliss-reactive ketones (excluding diaryl/α,β-unsaturated/α-hetero) is 2. The van der Waals surface area contributed by atoms with Crippen LogP contribution >= 0.6 is 0 Å². The number of nitrogens with zero attached hydrogens (tertiary/aromatic N) is 2. The maximum Gasteiger partial charge on any atom is 0.326 e. The Morgan fingerprint density at radius 1 is 0.859 bits per heavy atom. The minimum Gasteiger partial charge on any atom is -0.480 e. The van der Waals surface area contributed by atoms with Crippen molar-refractivity contribution in [1.29, 1.82) is 0 Å². The number of carbonyl (C=O) groups excluding carboxylic acids is 7. The van der Waals surface area contributed by atoms with Crippen LogP contribution in [-0.4, -0.2) is 129 Å². The van der Waals surface area contributed by atoms with Crippen molar-refractivity contribution in [2.24, 2.45) is 23.3 Å². The summed E-state index contributed by atoms with van der Waals surface area (Å²) in [5, 5.41) is 24.0. The van der Waals surface area contributed by atoms with E-state index in [2.05, 4.69) is 36.6 Å². The summed E-state index contributed by atoms with van der Waals surface area (Å²) in [5.41, 5.74) is 13.2. The molecular weight excluding hydrogens is 825 g/mol. The first kappa shape index (κ1) is 51.1. The van der Waals surface area contributed by atoms with Crippen LogP contribution in [0.1, 0.15) is 125 Å². The molecule has 1 fully saturated rings. The van der Waals surface area contributed by atoms with Crippen LogP contribution in [0, 0.1) is 11.8 Å². The monoisotopic (exact) mass is 893 g/mol. The molecule has 2 aliphatic rings. The number of hydrogen-bond donors (Lipinski definition) is 9. The second-order valence-corrected chi connectivity index (χ2v) is 17.1. The quantitative estimate of drug-likeness (QED) is 0.0599. The van der Waals surface area contributed by atoms with E-state index in [9.17, 15) is 43.5 Å². The molecule has 4 rings (SSSR count). The molecule has 2 heterocycles. The number of nitrogens with two attached hydrogens (primary N) is 2. The first-order chi connectivity index (χ1) is 30.6. The highest BCUT2D eigenvalue weighted by molar-refractivity contribution is 6.16. The van der Waals surface area contributed by atoms with Crippen molar-refractivity contribution >= 4 is 47.1 Å². The molecule has 0 bridgehead atoms. The van der Waals surface area contributed by atoms with Crippen molar-refractivity contribution in [2.75, 3.05) is 19.6 Å². The highest BCUT2D eigenvalue weighted by Gasteiger charge is 2.42. The number of hydrogen-bond acceptors (Lipinski definition) is 12. The number of benzene rings is 1. The number of rotatable bonds is 26. The van der Waals surface area contributed by atoms with Gasteiger partial charge < -0.3 is 53.0 Å².